The summed E-state index contributed by atoms with van der Waals surface area (Å²) in [5, 5.41) is 33.4. The zero-order valence-corrected chi connectivity index (χ0v) is 30.5. The summed E-state index contributed by atoms with van der Waals surface area (Å²) < 4.78 is 6.67. The highest BCUT2D eigenvalue weighted by Gasteiger charge is 2.23. The predicted molar refractivity (Wildman–Crippen MR) is 234 cm³/mol. The van der Waals surface area contributed by atoms with Crippen molar-refractivity contribution >= 4 is 87.0 Å². The van der Waals surface area contributed by atoms with Crippen LogP contribution in [0.4, 0.5) is 0 Å². The van der Waals surface area contributed by atoms with Gasteiger partial charge in [-0.05, 0) is 76.1 Å². The number of aromatic nitrogens is 3. The van der Waals surface area contributed by atoms with Crippen molar-refractivity contribution in [1.29, 1.82) is 10.5 Å². The maximum Gasteiger partial charge on any atom is 0.101 e. The van der Waals surface area contributed by atoms with Crippen molar-refractivity contribution in [2.75, 3.05) is 0 Å². The summed E-state index contributed by atoms with van der Waals surface area (Å²) in [5.74, 6) is 0. The molecule has 0 saturated heterocycles. The van der Waals surface area contributed by atoms with Gasteiger partial charge in [0.2, 0.25) is 0 Å². The van der Waals surface area contributed by atoms with Crippen LogP contribution in [0, 0.1) is 22.7 Å². The van der Waals surface area contributed by atoms with Gasteiger partial charge in [-0.2, -0.15) is 10.5 Å². The Morgan fingerprint density at radius 1 is 0.316 bits per heavy atom. The first-order chi connectivity index (χ1) is 28.2. The van der Waals surface area contributed by atoms with Gasteiger partial charge in [-0.15, -0.1) is 0 Å². The Labute approximate surface area is 326 Å². The molecule has 0 amide bonds. The summed E-state index contributed by atoms with van der Waals surface area (Å²) in [6.07, 6.45) is 0. The summed E-state index contributed by atoms with van der Waals surface area (Å²) in [6, 6.07) is 66.4. The smallest absolute Gasteiger partial charge is 0.101 e. The normalized spacial score (nSPS) is 11.8. The zero-order chi connectivity index (χ0) is 37.8. The number of rotatable bonds is 3. The van der Waals surface area contributed by atoms with Gasteiger partial charge < -0.3 is 13.7 Å². The minimum Gasteiger partial charge on any atom is -0.309 e. The summed E-state index contributed by atoms with van der Waals surface area (Å²) in [6.45, 7) is 0. The fourth-order valence-corrected chi connectivity index (χ4v) is 9.50. The SMILES string of the molecule is N#Cc1cc(-n2c3cc(-n4c5ccccc5c5ccccc54)ccc3c3c4ccccc4ccc32)c(C#N)cc1-n1c2ccccc2c2c3ccccc3ccc21. The quantitative estimate of drug-likeness (QED) is 0.182. The predicted octanol–water partition coefficient (Wildman–Crippen LogP) is 13.0. The van der Waals surface area contributed by atoms with Gasteiger partial charge >= 0.3 is 0 Å². The van der Waals surface area contributed by atoms with E-state index in [1.807, 2.05) is 18.2 Å². The molecule has 12 rings (SSSR count). The molecule has 3 aromatic heterocycles. The monoisotopic (exact) mass is 723 g/mol. The van der Waals surface area contributed by atoms with E-state index in [2.05, 4.69) is 184 Å². The van der Waals surface area contributed by atoms with Crippen molar-refractivity contribution in [3.8, 4) is 29.2 Å². The van der Waals surface area contributed by atoms with Crippen LogP contribution in [0.3, 0.4) is 0 Å². The number of hydrogen-bond donors (Lipinski definition) is 0. The van der Waals surface area contributed by atoms with E-state index in [-0.39, 0.29) is 0 Å². The molecule has 0 bridgehead atoms. The number of para-hydroxylation sites is 3. The molecule has 0 aliphatic heterocycles. The number of nitriles is 2. The number of nitrogens with zero attached hydrogens (tertiary/aromatic N) is 5. The first-order valence-electron chi connectivity index (χ1n) is 19.1. The van der Waals surface area contributed by atoms with E-state index < -0.39 is 0 Å². The fourth-order valence-electron chi connectivity index (χ4n) is 9.50. The van der Waals surface area contributed by atoms with E-state index in [0.717, 1.165) is 81.9 Å². The third kappa shape index (κ3) is 4.26. The van der Waals surface area contributed by atoms with E-state index in [4.69, 9.17) is 0 Å². The number of benzene rings is 9. The molecule has 57 heavy (non-hydrogen) atoms. The summed E-state index contributed by atoms with van der Waals surface area (Å²) in [5.41, 5.74) is 9.46. The third-order valence-electron chi connectivity index (χ3n) is 11.9. The summed E-state index contributed by atoms with van der Waals surface area (Å²) in [7, 11) is 0. The molecular weight excluding hydrogens is 695 g/mol. The Hall–Kier alpha value is -8.12. The molecule has 12 aromatic rings. The van der Waals surface area contributed by atoms with Gasteiger partial charge in [-0.3, -0.25) is 0 Å². The Bertz CT molecular complexity index is 3730. The molecule has 3 heterocycles. The average Bonchev–Trinajstić information content (AvgIpc) is 3.91. The van der Waals surface area contributed by atoms with E-state index >= 15 is 0 Å². The molecule has 0 radical (unpaired) electrons. The minimum atomic E-state index is 0.477. The highest BCUT2D eigenvalue weighted by Crippen LogP contribution is 2.42. The topological polar surface area (TPSA) is 62.4 Å². The van der Waals surface area contributed by atoms with E-state index in [0.29, 0.717) is 22.5 Å². The second kappa shape index (κ2) is 11.7. The minimum absolute atomic E-state index is 0.477. The Morgan fingerprint density at radius 2 is 0.737 bits per heavy atom. The number of hydrogen-bond acceptors (Lipinski definition) is 2. The second-order valence-corrected chi connectivity index (χ2v) is 14.7. The number of fused-ring (bicyclic) bond motifs is 13. The first-order valence-corrected chi connectivity index (χ1v) is 19.1. The van der Waals surface area contributed by atoms with Crippen molar-refractivity contribution < 1.29 is 0 Å². The zero-order valence-electron chi connectivity index (χ0n) is 30.5. The Kier molecular flexibility index (Phi) is 6.41. The lowest BCUT2D eigenvalue weighted by molar-refractivity contribution is 1.12. The molecule has 0 aliphatic rings. The fraction of sp³-hybridized carbons (Fsp3) is 0. The maximum atomic E-state index is 11.1. The van der Waals surface area contributed by atoms with Gasteiger partial charge in [0.15, 0.2) is 0 Å². The molecule has 0 aliphatic carbocycles. The van der Waals surface area contributed by atoms with Crippen molar-refractivity contribution in [2.24, 2.45) is 0 Å². The molecule has 0 unspecified atom stereocenters. The van der Waals surface area contributed by atoms with Crippen LogP contribution in [0.2, 0.25) is 0 Å². The highest BCUT2D eigenvalue weighted by molar-refractivity contribution is 6.23. The van der Waals surface area contributed by atoms with Gasteiger partial charge in [-0.25, -0.2) is 0 Å². The lowest BCUT2D eigenvalue weighted by Crippen LogP contribution is -2.04. The van der Waals surface area contributed by atoms with Crippen LogP contribution in [-0.2, 0) is 0 Å². The molecular formula is C52H29N5. The highest BCUT2D eigenvalue weighted by atomic mass is 15.0. The van der Waals surface area contributed by atoms with E-state index in [1.54, 1.807) is 0 Å². The van der Waals surface area contributed by atoms with Crippen molar-refractivity contribution in [3.63, 3.8) is 0 Å². The van der Waals surface area contributed by atoms with Crippen LogP contribution in [0.15, 0.2) is 176 Å². The van der Waals surface area contributed by atoms with Crippen LogP contribution in [0.25, 0.3) is 104 Å². The van der Waals surface area contributed by atoms with Gasteiger partial charge in [0.05, 0.1) is 55.6 Å². The third-order valence-corrected chi connectivity index (χ3v) is 11.9. The lowest BCUT2D eigenvalue weighted by Gasteiger charge is -2.16. The molecule has 0 atom stereocenters. The van der Waals surface area contributed by atoms with Crippen molar-refractivity contribution in [1.82, 2.24) is 13.7 Å². The molecule has 0 fully saturated rings. The molecule has 9 aromatic carbocycles. The summed E-state index contributed by atoms with van der Waals surface area (Å²) >= 11 is 0. The molecule has 0 saturated carbocycles. The Balaban J connectivity index is 1.18. The standard InChI is InChI=1S/C52H29N5/c53-30-34-28-49(35(31-54)27-48(34)56-45-20-10-7-17-41(45)51-37-13-3-1-11-32(37)21-25-46(51)56)57-47-26-22-33-12-2-4-14-38(33)52(47)42-24-23-36(29-50(42)57)55-43-18-8-5-15-39(43)40-16-6-9-19-44(40)55/h1-29H. The van der Waals surface area contributed by atoms with Crippen LogP contribution in [0.1, 0.15) is 11.1 Å². The van der Waals surface area contributed by atoms with E-state index in [1.165, 1.54) is 10.8 Å². The first kappa shape index (κ1) is 31.3. The Morgan fingerprint density at radius 3 is 1.26 bits per heavy atom. The molecule has 5 heteroatoms. The molecule has 0 N–H and O–H groups in total. The van der Waals surface area contributed by atoms with Gasteiger partial charge in [-0.1, -0.05) is 121 Å². The lowest BCUT2D eigenvalue weighted by atomic mass is 10.0. The molecule has 262 valence electrons. The summed E-state index contributed by atoms with van der Waals surface area (Å²) in [4.78, 5) is 0. The van der Waals surface area contributed by atoms with Crippen LogP contribution >= 0.6 is 0 Å². The largest absolute Gasteiger partial charge is 0.309 e. The van der Waals surface area contributed by atoms with Crippen molar-refractivity contribution in [2.45, 2.75) is 0 Å². The van der Waals surface area contributed by atoms with Gasteiger partial charge in [0, 0.05) is 38.0 Å². The molecule has 5 nitrogen and oxygen atoms in total. The van der Waals surface area contributed by atoms with Gasteiger partial charge in [0.25, 0.3) is 0 Å². The molecule has 0 spiro atoms. The van der Waals surface area contributed by atoms with Crippen LogP contribution < -0.4 is 0 Å². The second-order valence-electron chi connectivity index (χ2n) is 14.7. The van der Waals surface area contributed by atoms with Crippen LogP contribution in [-0.4, -0.2) is 13.7 Å². The van der Waals surface area contributed by atoms with E-state index in [9.17, 15) is 10.5 Å². The average molecular weight is 724 g/mol. The maximum absolute atomic E-state index is 11.1. The van der Waals surface area contributed by atoms with Gasteiger partial charge in [0.1, 0.15) is 12.1 Å². The van der Waals surface area contributed by atoms with Crippen molar-refractivity contribution in [3.05, 3.63) is 187 Å². The van der Waals surface area contributed by atoms with Crippen LogP contribution in [0.5, 0.6) is 0 Å².